The van der Waals surface area contributed by atoms with E-state index in [9.17, 15) is 12.8 Å². The maximum absolute atomic E-state index is 12.9. The third-order valence-electron chi connectivity index (χ3n) is 1.87. The third kappa shape index (κ3) is 1.68. The van der Waals surface area contributed by atoms with Gasteiger partial charge < -0.3 is 0 Å². The van der Waals surface area contributed by atoms with Crippen LogP contribution in [0.25, 0.3) is 0 Å². The van der Waals surface area contributed by atoms with Gasteiger partial charge in [0.15, 0.2) is 9.41 Å². The Morgan fingerprint density at radius 3 is 2.60 bits per heavy atom. The van der Waals surface area contributed by atoms with Crippen LogP contribution in [-0.4, -0.2) is 13.5 Å². The van der Waals surface area contributed by atoms with Crippen LogP contribution in [0.5, 0.6) is 0 Å². The molecule has 1 aromatic rings. The van der Waals surface area contributed by atoms with Gasteiger partial charge in [0.05, 0.1) is 6.20 Å². The standard InChI is InChI=1S/C9H5ClFNO2S/c10-8-5-12-9(15(8,13)14)6-2-1-3-7(11)4-6/h1-5H. The molecular formula is C9H5ClFNO2S. The summed E-state index contributed by atoms with van der Waals surface area (Å²) in [4.78, 5) is 3.65. The molecule has 15 heavy (non-hydrogen) atoms. The average Bonchev–Trinajstić information content (AvgIpc) is 2.42. The van der Waals surface area contributed by atoms with Crippen molar-refractivity contribution in [2.75, 3.05) is 0 Å². The van der Waals surface area contributed by atoms with Gasteiger partial charge in [0.2, 0.25) is 9.84 Å². The molecule has 0 fully saturated rings. The van der Waals surface area contributed by atoms with E-state index in [2.05, 4.69) is 4.99 Å². The minimum Gasteiger partial charge on any atom is -0.241 e. The summed E-state index contributed by atoms with van der Waals surface area (Å²) in [5.41, 5.74) is 0.196. The lowest BCUT2D eigenvalue weighted by atomic mass is 10.2. The third-order valence-corrected chi connectivity index (χ3v) is 4.04. The molecule has 0 atom stereocenters. The average molecular weight is 246 g/mol. The van der Waals surface area contributed by atoms with Gasteiger partial charge in [-0.15, -0.1) is 0 Å². The molecule has 0 aromatic heterocycles. The zero-order valence-corrected chi connectivity index (χ0v) is 8.89. The fourth-order valence-corrected chi connectivity index (χ4v) is 2.46. The lowest BCUT2D eigenvalue weighted by Crippen LogP contribution is -2.12. The van der Waals surface area contributed by atoms with Gasteiger partial charge >= 0.3 is 0 Å². The second kappa shape index (κ2) is 3.43. The van der Waals surface area contributed by atoms with Crippen LogP contribution < -0.4 is 0 Å². The maximum atomic E-state index is 12.9. The van der Waals surface area contributed by atoms with Crippen LogP contribution in [0.1, 0.15) is 5.56 Å². The number of benzene rings is 1. The fourth-order valence-electron chi connectivity index (χ4n) is 1.19. The van der Waals surface area contributed by atoms with E-state index in [1.807, 2.05) is 0 Å². The first kappa shape index (κ1) is 10.3. The number of aliphatic imine (C=N–C) groups is 1. The normalized spacial score (nSPS) is 18.5. The first-order chi connectivity index (χ1) is 7.01. The molecule has 1 aliphatic rings. The van der Waals surface area contributed by atoms with E-state index >= 15 is 0 Å². The van der Waals surface area contributed by atoms with Crippen molar-refractivity contribution < 1.29 is 12.8 Å². The summed E-state index contributed by atoms with van der Waals surface area (Å²) in [6, 6.07) is 5.19. The van der Waals surface area contributed by atoms with Crippen molar-refractivity contribution in [1.82, 2.24) is 0 Å². The van der Waals surface area contributed by atoms with Crippen molar-refractivity contribution >= 4 is 26.5 Å². The lowest BCUT2D eigenvalue weighted by molar-refractivity contribution is 0.615. The number of hydrogen-bond acceptors (Lipinski definition) is 3. The van der Waals surface area contributed by atoms with E-state index in [4.69, 9.17) is 11.6 Å². The second-order valence-electron chi connectivity index (χ2n) is 2.88. The zero-order chi connectivity index (χ0) is 11.1. The highest BCUT2D eigenvalue weighted by molar-refractivity contribution is 8.11. The van der Waals surface area contributed by atoms with Gasteiger partial charge in [-0.25, -0.2) is 17.8 Å². The molecule has 2 rings (SSSR count). The second-order valence-corrected chi connectivity index (χ2v) is 5.35. The van der Waals surface area contributed by atoms with Crippen LogP contribution >= 0.6 is 11.6 Å². The zero-order valence-electron chi connectivity index (χ0n) is 7.31. The fraction of sp³-hybridized carbons (Fsp3) is 0. The van der Waals surface area contributed by atoms with E-state index in [0.29, 0.717) is 0 Å². The molecule has 0 radical (unpaired) electrons. The Morgan fingerprint density at radius 2 is 2.07 bits per heavy atom. The molecule has 3 nitrogen and oxygen atoms in total. The maximum Gasteiger partial charge on any atom is 0.236 e. The first-order valence-corrected chi connectivity index (χ1v) is 5.82. The summed E-state index contributed by atoms with van der Waals surface area (Å²) in [5, 5.41) is -0.216. The number of hydrogen-bond donors (Lipinski definition) is 0. The summed E-state index contributed by atoms with van der Waals surface area (Å²) in [7, 11) is -3.73. The van der Waals surface area contributed by atoms with Crippen molar-refractivity contribution in [3.63, 3.8) is 0 Å². The van der Waals surface area contributed by atoms with Gasteiger partial charge in [-0.05, 0) is 12.1 Å². The first-order valence-electron chi connectivity index (χ1n) is 3.96. The SMILES string of the molecule is O=S1(=O)C(Cl)=CN=C1c1cccc(F)c1. The van der Waals surface area contributed by atoms with E-state index in [0.717, 1.165) is 12.3 Å². The minimum atomic E-state index is -3.73. The van der Waals surface area contributed by atoms with E-state index in [-0.39, 0.29) is 15.0 Å². The summed E-state index contributed by atoms with van der Waals surface area (Å²) < 4.78 is 35.6. The van der Waals surface area contributed by atoms with Crippen LogP contribution in [-0.2, 0) is 9.84 Å². The Kier molecular flexibility index (Phi) is 2.36. The Bertz CT molecular complexity index is 578. The van der Waals surface area contributed by atoms with Gasteiger partial charge in [0, 0.05) is 5.56 Å². The monoisotopic (exact) mass is 245 g/mol. The molecule has 0 unspecified atom stereocenters. The van der Waals surface area contributed by atoms with Gasteiger partial charge in [-0.1, -0.05) is 23.7 Å². The predicted molar refractivity (Wildman–Crippen MR) is 55.8 cm³/mol. The Labute approximate surface area is 90.8 Å². The Balaban J connectivity index is 2.54. The molecule has 0 amide bonds. The van der Waals surface area contributed by atoms with E-state index < -0.39 is 15.7 Å². The number of sulfone groups is 1. The minimum absolute atomic E-state index is 0.196. The van der Waals surface area contributed by atoms with E-state index in [1.165, 1.54) is 18.2 Å². The summed E-state index contributed by atoms with van der Waals surface area (Å²) >= 11 is 5.45. The Hall–Kier alpha value is -1.20. The Morgan fingerprint density at radius 1 is 1.33 bits per heavy atom. The van der Waals surface area contributed by atoms with Gasteiger partial charge in [0.1, 0.15) is 5.82 Å². The highest BCUT2D eigenvalue weighted by Gasteiger charge is 2.29. The van der Waals surface area contributed by atoms with Crippen molar-refractivity contribution in [1.29, 1.82) is 0 Å². The van der Waals surface area contributed by atoms with Crippen molar-refractivity contribution in [3.05, 3.63) is 46.2 Å². The van der Waals surface area contributed by atoms with Crippen LogP contribution in [0.2, 0.25) is 0 Å². The van der Waals surface area contributed by atoms with Crippen molar-refractivity contribution in [3.8, 4) is 0 Å². The highest BCUT2D eigenvalue weighted by atomic mass is 35.5. The number of rotatable bonds is 1. The molecule has 0 N–H and O–H groups in total. The topological polar surface area (TPSA) is 46.5 Å². The molecule has 1 heterocycles. The van der Waals surface area contributed by atoms with Gasteiger partial charge in [-0.2, -0.15) is 0 Å². The van der Waals surface area contributed by atoms with Crippen molar-refractivity contribution in [2.24, 2.45) is 4.99 Å². The summed E-state index contributed by atoms with van der Waals surface area (Å²) in [5.74, 6) is -0.520. The number of halogens is 2. The molecule has 1 aliphatic heterocycles. The molecule has 78 valence electrons. The van der Waals surface area contributed by atoms with E-state index in [1.54, 1.807) is 0 Å². The molecule has 1 aromatic carbocycles. The molecule has 6 heteroatoms. The molecule has 0 aliphatic carbocycles. The molecule has 0 bridgehead atoms. The summed E-state index contributed by atoms with van der Waals surface area (Å²) in [6.45, 7) is 0. The largest absolute Gasteiger partial charge is 0.241 e. The molecule has 0 saturated heterocycles. The smallest absolute Gasteiger partial charge is 0.236 e. The molecule has 0 saturated carbocycles. The van der Waals surface area contributed by atoms with Crippen LogP contribution in [0.3, 0.4) is 0 Å². The molecule has 0 spiro atoms. The highest BCUT2D eigenvalue weighted by Crippen LogP contribution is 2.24. The quantitative estimate of drug-likeness (QED) is 0.760. The van der Waals surface area contributed by atoms with Gasteiger partial charge in [-0.3, -0.25) is 0 Å². The van der Waals surface area contributed by atoms with Crippen LogP contribution in [0.15, 0.2) is 39.8 Å². The van der Waals surface area contributed by atoms with Crippen LogP contribution in [0.4, 0.5) is 4.39 Å². The van der Waals surface area contributed by atoms with Gasteiger partial charge in [0.25, 0.3) is 0 Å². The van der Waals surface area contributed by atoms with Crippen molar-refractivity contribution in [2.45, 2.75) is 0 Å². The number of nitrogens with zero attached hydrogens (tertiary/aromatic N) is 1. The van der Waals surface area contributed by atoms with Crippen LogP contribution in [0, 0.1) is 5.82 Å². The molecular weight excluding hydrogens is 241 g/mol. The predicted octanol–water partition coefficient (Wildman–Crippen LogP) is 2.04. The lowest BCUT2D eigenvalue weighted by Gasteiger charge is -2.01. The summed E-state index contributed by atoms with van der Waals surface area (Å²) in [6.07, 6.45) is 1.04.